The second-order valence-corrected chi connectivity index (χ2v) is 6.54. The molecular formula is C16H25N3O2. The molecule has 1 aromatic rings. The molecule has 5 nitrogen and oxygen atoms in total. The maximum Gasteiger partial charge on any atom is 0.272 e. The topological polar surface area (TPSA) is 58.4 Å². The average molecular weight is 291 g/mol. The molecule has 0 aliphatic carbocycles. The predicted molar refractivity (Wildman–Crippen MR) is 84.4 cm³/mol. The van der Waals surface area contributed by atoms with E-state index in [1.165, 1.54) is 12.8 Å². The molecule has 0 spiro atoms. The van der Waals surface area contributed by atoms with Crippen molar-refractivity contribution in [2.24, 2.45) is 5.41 Å². The number of hydrogen-bond donors (Lipinski definition) is 1. The standard InChI is InChI=1S/C16H25N3O2/c1-13-14(5-4-6-15(13)19(20)21)11-17-12-16(2)7-9-18(3)10-8-16/h4-6,17H,7-12H2,1-3H3. The molecule has 5 heteroatoms. The highest BCUT2D eigenvalue weighted by atomic mass is 16.6. The van der Waals surface area contributed by atoms with Crippen molar-refractivity contribution in [3.63, 3.8) is 0 Å². The van der Waals surface area contributed by atoms with E-state index in [0.29, 0.717) is 12.0 Å². The Morgan fingerprint density at radius 3 is 2.67 bits per heavy atom. The van der Waals surface area contributed by atoms with Crippen molar-refractivity contribution in [3.8, 4) is 0 Å². The predicted octanol–water partition coefficient (Wildman–Crippen LogP) is 2.72. The van der Waals surface area contributed by atoms with Gasteiger partial charge in [0.25, 0.3) is 5.69 Å². The van der Waals surface area contributed by atoms with Gasteiger partial charge in [-0.15, -0.1) is 0 Å². The lowest BCUT2D eigenvalue weighted by Gasteiger charge is -2.38. The third-order valence-corrected chi connectivity index (χ3v) is 4.68. The summed E-state index contributed by atoms with van der Waals surface area (Å²) in [6, 6.07) is 5.29. The van der Waals surface area contributed by atoms with Crippen molar-refractivity contribution in [2.75, 3.05) is 26.7 Å². The minimum atomic E-state index is -0.308. The van der Waals surface area contributed by atoms with Crippen LogP contribution in [0.15, 0.2) is 18.2 Å². The smallest absolute Gasteiger partial charge is 0.272 e. The number of nitrogens with zero attached hydrogens (tertiary/aromatic N) is 2. The van der Waals surface area contributed by atoms with E-state index in [9.17, 15) is 10.1 Å². The first-order chi connectivity index (χ1) is 9.91. The lowest BCUT2D eigenvalue weighted by molar-refractivity contribution is -0.385. The number of likely N-dealkylation sites (tertiary alicyclic amines) is 1. The van der Waals surface area contributed by atoms with Crippen LogP contribution in [0.2, 0.25) is 0 Å². The fraction of sp³-hybridized carbons (Fsp3) is 0.625. The van der Waals surface area contributed by atoms with Crippen LogP contribution in [0, 0.1) is 22.5 Å². The van der Waals surface area contributed by atoms with E-state index in [2.05, 4.69) is 24.2 Å². The van der Waals surface area contributed by atoms with Gasteiger partial charge in [-0.3, -0.25) is 10.1 Å². The highest BCUT2D eigenvalue weighted by Gasteiger charge is 2.28. The maximum absolute atomic E-state index is 11.0. The summed E-state index contributed by atoms with van der Waals surface area (Å²) >= 11 is 0. The summed E-state index contributed by atoms with van der Waals surface area (Å²) < 4.78 is 0. The normalized spacial score (nSPS) is 18.6. The molecule has 0 amide bonds. The van der Waals surface area contributed by atoms with Crippen molar-refractivity contribution < 1.29 is 4.92 Å². The highest BCUT2D eigenvalue weighted by Crippen LogP contribution is 2.29. The third kappa shape index (κ3) is 4.02. The van der Waals surface area contributed by atoms with Gasteiger partial charge in [-0.25, -0.2) is 0 Å². The molecule has 0 radical (unpaired) electrons. The number of nitro benzene ring substituents is 1. The van der Waals surface area contributed by atoms with Gasteiger partial charge in [-0.05, 0) is 50.9 Å². The van der Waals surface area contributed by atoms with Gasteiger partial charge in [0.15, 0.2) is 0 Å². The van der Waals surface area contributed by atoms with E-state index in [-0.39, 0.29) is 10.6 Å². The van der Waals surface area contributed by atoms with Gasteiger partial charge in [-0.1, -0.05) is 19.1 Å². The van der Waals surface area contributed by atoms with Gasteiger partial charge in [-0.2, -0.15) is 0 Å². The molecule has 1 heterocycles. The minimum absolute atomic E-state index is 0.208. The molecule has 21 heavy (non-hydrogen) atoms. The summed E-state index contributed by atoms with van der Waals surface area (Å²) in [7, 11) is 2.17. The molecule has 0 bridgehead atoms. The van der Waals surface area contributed by atoms with Gasteiger partial charge in [0, 0.05) is 24.7 Å². The molecule has 0 aromatic heterocycles. The molecule has 2 rings (SSSR count). The Balaban J connectivity index is 1.92. The lowest BCUT2D eigenvalue weighted by Crippen LogP contribution is -2.41. The number of nitro groups is 1. The summed E-state index contributed by atoms with van der Waals surface area (Å²) in [4.78, 5) is 13.0. The largest absolute Gasteiger partial charge is 0.312 e. The first-order valence-electron chi connectivity index (χ1n) is 7.53. The molecule has 1 aliphatic heterocycles. The van der Waals surface area contributed by atoms with Crippen molar-refractivity contribution in [1.29, 1.82) is 0 Å². The quantitative estimate of drug-likeness (QED) is 0.669. The van der Waals surface area contributed by atoms with E-state index < -0.39 is 0 Å². The van der Waals surface area contributed by atoms with Crippen LogP contribution >= 0.6 is 0 Å². The van der Waals surface area contributed by atoms with Crippen molar-refractivity contribution in [3.05, 3.63) is 39.4 Å². The number of benzene rings is 1. The van der Waals surface area contributed by atoms with Gasteiger partial charge in [0.1, 0.15) is 0 Å². The monoisotopic (exact) mass is 291 g/mol. The minimum Gasteiger partial charge on any atom is -0.312 e. The van der Waals surface area contributed by atoms with Gasteiger partial charge < -0.3 is 10.2 Å². The zero-order chi connectivity index (χ0) is 15.5. The van der Waals surface area contributed by atoms with Crippen LogP contribution in [0.3, 0.4) is 0 Å². The van der Waals surface area contributed by atoms with E-state index in [0.717, 1.165) is 30.8 Å². The highest BCUT2D eigenvalue weighted by molar-refractivity contribution is 5.44. The molecule has 1 aliphatic rings. The van der Waals surface area contributed by atoms with Crippen LogP contribution in [-0.4, -0.2) is 36.5 Å². The summed E-state index contributed by atoms with van der Waals surface area (Å²) in [6.07, 6.45) is 2.40. The fourth-order valence-corrected chi connectivity index (χ4v) is 2.89. The van der Waals surface area contributed by atoms with E-state index >= 15 is 0 Å². The Morgan fingerprint density at radius 1 is 1.38 bits per heavy atom. The first-order valence-corrected chi connectivity index (χ1v) is 7.53. The molecule has 0 saturated carbocycles. The number of nitrogens with one attached hydrogen (secondary N) is 1. The van der Waals surface area contributed by atoms with Crippen molar-refractivity contribution >= 4 is 5.69 Å². The zero-order valence-corrected chi connectivity index (χ0v) is 13.2. The molecule has 1 N–H and O–H groups in total. The second kappa shape index (κ2) is 6.54. The Bertz CT molecular complexity index is 508. The molecule has 1 aromatic carbocycles. The van der Waals surface area contributed by atoms with Crippen LogP contribution < -0.4 is 5.32 Å². The van der Waals surface area contributed by atoms with Crippen LogP contribution in [0.1, 0.15) is 30.9 Å². The van der Waals surface area contributed by atoms with E-state index in [4.69, 9.17) is 0 Å². The molecular weight excluding hydrogens is 266 g/mol. The van der Waals surface area contributed by atoms with Crippen molar-refractivity contribution in [1.82, 2.24) is 10.2 Å². The first kappa shape index (κ1) is 15.9. The number of rotatable bonds is 5. The Hall–Kier alpha value is -1.46. The van der Waals surface area contributed by atoms with Gasteiger partial charge in [0.05, 0.1) is 4.92 Å². The number of hydrogen-bond acceptors (Lipinski definition) is 4. The lowest BCUT2D eigenvalue weighted by atomic mass is 9.80. The van der Waals surface area contributed by atoms with Gasteiger partial charge in [0.2, 0.25) is 0 Å². The van der Waals surface area contributed by atoms with E-state index in [1.807, 2.05) is 13.0 Å². The van der Waals surface area contributed by atoms with Gasteiger partial charge >= 0.3 is 0 Å². The average Bonchev–Trinajstić information content (AvgIpc) is 2.44. The molecule has 0 atom stereocenters. The summed E-state index contributed by atoms with van der Waals surface area (Å²) in [5.74, 6) is 0. The Kier molecular flexibility index (Phi) is 4.96. The summed E-state index contributed by atoms with van der Waals surface area (Å²) in [5, 5.41) is 14.5. The van der Waals surface area contributed by atoms with Crippen LogP contribution in [0.5, 0.6) is 0 Å². The SMILES string of the molecule is Cc1c(CNCC2(C)CCN(C)CC2)cccc1[N+](=O)[O-]. The Labute approximate surface area is 126 Å². The number of piperidine rings is 1. The van der Waals surface area contributed by atoms with Crippen LogP contribution in [0.25, 0.3) is 0 Å². The molecule has 116 valence electrons. The third-order valence-electron chi connectivity index (χ3n) is 4.68. The second-order valence-electron chi connectivity index (χ2n) is 6.54. The maximum atomic E-state index is 11.0. The molecule has 1 fully saturated rings. The van der Waals surface area contributed by atoms with Crippen molar-refractivity contribution in [2.45, 2.75) is 33.2 Å². The Morgan fingerprint density at radius 2 is 2.05 bits per heavy atom. The summed E-state index contributed by atoms with van der Waals surface area (Å²) in [6.45, 7) is 8.10. The molecule has 0 unspecified atom stereocenters. The fourth-order valence-electron chi connectivity index (χ4n) is 2.89. The summed E-state index contributed by atoms with van der Waals surface area (Å²) in [5.41, 5.74) is 2.32. The molecule has 1 saturated heterocycles. The van der Waals surface area contributed by atoms with Crippen LogP contribution in [-0.2, 0) is 6.54 Å². The zero-order valence-electron chi connectivity index (χ0n) is 13.2. The van der Waals surface area contributed by atoms with Crippen LogP contribution in [0.4, 0.5) is 5.69 Å². The van der Waals surface area contributed by atoms with E-state index in [1.54, 1.807) is 12.1 Å².